The molecule has 1 aromatic carbocycles. The predicted molar refractivity (Wildman–Crippen MR) is 76.4 cm³/mol. The molecule has 1 aliphatic rings. The van der Waals surface area contributed by atoms with E-state index in [2.05, 4.69) is 17.1 Å². The highest BCUT2D eigenvalue weighted by molar-refractivity contribution is 5.50. The number of likely N-dealkylation sites (tertiary alicyclic amines) is 1. The molecule has 6 heteroatoms. The molecule has 0 aromatic heterocycles. The van der Waals surface area contributed by atoms with Crippen LogP contribution in [0.2, 0.25) is 0 Å². The maximum absolute atomic E-state index is 13.5. The van der Waals surface area contributed by atoms with Gasteiger partial charge in [-0.1, -0.05) is 6.92 Å². The Labute approximate surface area is 117 Å². The van der Waals surface area contributed by atoms with Gasteiger partial charge in [-0.15, -0.1) is 0 Å². The van der Waals surface area contributed by atoms with Crippen molar-refractivity contribution in [1.82, 2.24) is 4.90 Å². The first-order valence-corrected chi connectivity index (χ1v) is 7.03. The van der Waals surface area contributed by atoms with Gasteiger partial charge in [-0.2, -0.15) is 4.39 Å². The minimum Gasteiger partial charge on any atom is -0.382 e. The number of nitro benzene ring substituents is 1. The van der Waals surface area contributed by atoms with Crippen LogP contribution in [0.4, 0.5) is 15.8 Å². The number of nitrogens with one attached hydrogen (secondary N) is 1. The summed E-state index contributed by atoms with van der Waals surface area (Å²) >= 11 is 0. The first-order chi connectivity index (χ1) is 9.60. The van der Waals surface area contributed by atoms with Gasteiger partial charge in [0.2, 0.25) is 5.82 Å². The number of hydrogen-bond acceptors (Lipinski definition) is 4. The fourth-order valence-corrected chi connectivity index (χ4v) is 2.60. The molecular weight excluding hydrogens is 261 g/mol. The number of rotatable bonds is 5. The van der Waals surface area contributed by atoms with Crippen molar-refractivity contribution < 1.29 is 9.31 Å². The van der Waals surface area contributed by atoms with Crippen LogP contribution >= 0.6 is 0 Å². The fourth-order valence-electron chi connectivity index (χ4n) is 2.60. The first-order valence-electron chi connectivity index (χ1n) is 7.03. The zero-order valence-corrected chi connectivity index (χ0v) is 11.6. The lowest BCUT2D eigenvalue weighted by atomic mass is 10.0. The predicted octanol–water partition coefficient (Wildman–Crippen LogP) is 3.02. The lowest BCUT2D eigenvalue weighted by molar-refractivity contribution is -0.387. The third-order valence-electron chi connectivity index (χ3n) is 3.64. The summed E-state index contributed by atoms with van der Waals surface area (Å²) in [5, 5.41) is 13.8. The molecule has 1 aliphatic heterocycles. The summed E-state index contributed by atoms with van der Waals surface area (Å²) in [5.41, 5.74) is 0.135. The van der Waals surface area contributed by atoms with E-state index < -0.39 is 16.4 Å². The van der Waals surface area contributed by atoms with E-state index in [4.69, 9.17) is 0 Å². The molecular formula is C14H20FN3O2. The Morgan fingerprint density at radius 1 is 1.45 bits per heavy atom. The van der Waals surface area contributed by atoms with Crippen LogP contribution in [0.1, 0.15) is 26.2 Å². The molecule has 0 bridgehead atoms. The summed E-state index contributed by atoms with van der Waals surface area (Å²) < 4.78 is 13.5. The fraction of sp³-hybridized carbons (Fsp3) is 0.571. The van der Waals surface area contributed by atoms with Crippen molar-refractivity contribution in [2.75, 3.05) is 25.0 Å². The van der Waals surface area contributed by atoms with E-state index in [0.29, 0.717) is 11.7 Å². The largest absolute Gasteiger partial charge is 0.382 e. The topological polar surface area (TPSA) is 58.4 Å². The Morgan fingerprint density at radius 2 is 2.15 bits per heavy atom. The van der Waals surface area contributed by atoms with Gasteiger partial charge in [0.15, 0.2) is 0 Å². The van der Waals surface area contributed by atoms with E-state index in [9.17, 15) is 14.5 Å². The van der Waals surface area contributed by atoms with Gasteiger partial charge in [0.05, 0.1) is 4.92 Å². The number of nitro groups is 1. The molecule has 1 fully saturated rings. The van der Waals surface area contributed by atoms with Crippen molar-refractivity contribution in [3.8, 4) is 0 Å². The second-order valence-electron chi connectivity index (χ2n) is 5.18. The highest BCUT2D eigenvalue weighted by Gasteiger charge is 2.19. The Kier molecular flexibility index (Phi) is 4.89. The summed E-state index contributed by atoms with van der Waals surface area (Å²) in [4.78, 5) is 12.3. The Balaban J connectivity index is 1.91. The summed E-state index contributed by atoms with van der Waals surface area (Å²) in [5.74, 6) is -0.789. The SMILES string of the molecule is CCCN1CCC(Nc2ccc([N+](=O)[O-])c(F)c2)CC1. The number of anilines is 1. The van der Waals surface area contributed by atoms with Crippen molar-refractivity contribution >= 4 is 11.4 Å². The van der Waals surface area contributed by atoms with E-state index in [1.807, 2.05) is 0 Å². The van der Waals surface area contributed by atoms with Crippen LogP contribution < -0.4 is 5.32 Å². The van der Waals surface area contributed by atoms with Crippen LogP contribution in [-0.4, -0.2) is 35.5 Å². The molecule has 1 aromatic rings. The third kappa shape index (κ3) is 3.66. The van der Waals surface area contributed by atoms with E-state index >= 15 is 0 Å². The van der Waals surface area contributed by atoms with E-state index in [0.717, 1.165) is 38.9 Å². The molecule has 0 atom stereocenters. The molecule has 1 saturated heterocycles. The lowest BCUT2D eigenvalue weighted by Crippen LogP contribution is -2.39. The second kappa shape index (κ2) is 6.65. The number of benzene rings is 1. The Bertz CT molecular complexity index is 473. The van der Waals surface area contributed by atoms with Crippen molar-refractivity contribution in [3.63, 3.8) is 0 Å². The highest BCUT2D eigenvalue weighted by atomic mass is 19.1. The second-order valence-corrected chi connectivity index (χ2v) is 5.18. The van der Waals surface area contributed by atoms with Gasteiger partial charge in [-0.3, -0.25) is 10.1 Å². The molecule has 0 spiro atoms. The van der Waals surface area contributed by atoms with Gasteiger partial charge in [0.1, 0.15) is 0 Å². The monoisotopic (exact) mass is 281 g/mol. The highest BCUT2D eigenvalue weighted by Crippen LogP contribution is 2.23. The van der Waals surface area contributed by atoms with Crippen molar-refractivity contribution in [2.45, 2.75) is 32.2 Å². The normalized spacial score (nSPS) is 17.1. The van der Waals surface area contributed by atoms with Crippen molar-refractivity contribution in [3.05, 3.63) is 34.1 Å². The maximum atomic E-state index is 13.5. The van der Waals surface area contributed by atoms with Crippen molar-refractivity contribution in [2.24, 2.45) is 0 Å². The van der Waals surface area contributed by atoms with Crippen LogP contribution in [0.3, 0.4) is 0 Å². The maximum Gasteiger partial charge on any atom is 0.304 e. The minimum absolute atomic E-state index is 0.309. The molecule has 1 heterocycles. The van der Waals surface area contributed by atoms with E-state index in [-0.39, 0.29) is 0 Å². The average molecular weight is 281 g/mol. The number of hydrogen-bond donors (Lipinski definition) is 1. The molecule has 5 nitrogen and oxygen atoms in total. The van der Waals surface area contributed by atoms with Gasteiger partial charge in [-0.25, -0.2) is 0 Å². The first kappa shape index (κ1) is 14.7. The van der Waals surface area contributed by atoms with Gasteiger partial charge in [0, 0.05) is 37.0 Å². The van der Waals surface area contributed by atoms with E-state index in [1.54, 1.807) is 6.07 Å². The molecule has 0 radical (unpaired) electrons. The molecule has 110 valence electrons. The van der Waals surface area contributed by atoms with Crippen LogP contribution in [-0.2, 0) is 0 Å². The quantitative estimate of drug-likeness (QED) is 0.665. The molecule has 0 amide bonds. The standard InChI is InChI=1S/C14H20FN3O2/c1-2-7-17-8-5-11(6-9-17)16-12-3-4-14(18(19)20)13(15)10-12/h3-4,10-11,16H,2,5-9H2,1H3. The van der Waals surface area contributed by atoms with Crippen LogP contribution in [0.15, 0.2) is 18.2 Å². The molecule has 0 unspecified atom stereocenters. The summed E-state index contributed by atoms with van der Waals surface area (Å²) in [7, 11) is 0. The average Bonchev–Trinajstić information content (AvgIpc) is 2.41. The van der Waals surface area contributed by atoms with Crippen LogP contribution in [0.5, 0.6) is 0 Å². The molecule has 0 saturated carbocycles. The van der Waals surface area contributed by atoms with Gasteiger partial charge in [-0.05, 0) is 31.9 Å². The zero-order chi connectivity index (χ0) is 14.5. The Hall–Kier alpha value is -1.69. The summed E-state index contributed by atoms with van der Waals surface area (Å²) in [6.45, 7) is 5.38. The van der Waals surface area contributed by atoms with Crippen LogP contribution in [0.25, 0.3) is 0 Å². The van der Waals surface area contributed by atoms with E-state index in [1.165, 1.54) is 12.1 Å². The number of halogens is 1. The number of piperidine rings is 1. The third-order valence-corrected chi connectivity index (χ3v) is 3.64. The smallest absolute Gasteiger partial charge is 0.304 e. The molecule has 2 rings (SSSR count). The zero-order valence-electron chi connectivity index (χ0n) is 11.6. The summed E-state index contributed by atoms with van der Waals surface area (Å²) in [6.07, 6.45) is 3.18. The van der Waals surface area contributed by atoms with Gasteiger partial charge in [0.25, 0.3) is 0 Å². The Morgan fingerprint density at radius 3 is 2.70 bits per heavy atom. The summed E-state index contributed by atoms with van der Waals surface area (Å²) in [6, 6.07) is 4.30. The molecule has 20 heavy (non-hydrogen) atoms. The van der Waals surface area contributed by atoms with Gasteiger partial charge >= 0.3 is 5.69 Å². The van der Waals surface area contributed by atoms with Crippen molar-refractivity contribution in [1.29, 1.82) is 0 Å². The minimum atomic E-state index is -0.789. The van der Waals surface area contributed by atoms with Gasteiger partial charge < -0.3 is 10.2 Å². The van der Waals surface area contributed by atoms with Crippen LogP contribution in [0, 0.1) is 15.9 Å². The lowest BCUT2D eigenvalue weighted by Gasteiger charge is -2.32. The number of nitrogens with zero attached hydrogens (tertiary/aromatic N) is 2. The molecule has 0 aliphatic carbocycles. The molecule has 1 N–H and O–H groups in total.